The maximum absolute atomic E-state index is 9.99. The van der Waals surface area contributed by atoms with Crippen molar-refractivity contribution in [1.82, 2.24) is 0 Å². The molecule has 0 bridgehead atoms. The smallest absolute Gasteiger partial charge is 0.267 e. The first-order valence-corrected chi connectivity index (χ1v) is 5.28. The fourth-order valence-corrected chi connectivity index (χ4v) is 1.63. The summed E-state index contributed by atoms with van der Waals surface area (Å²) in [6.07, 6.45) is -0.958. The van der Waals surface area contributed by atoms with Crippen LogP contribution in [0.15, 0.2) is 0 Å². The average molecular weight is 266 g/mol. The fourth-order valence-electron chi connectivity index (χ4n) is 0.288. The lowest BCUT2D eigenvalue weighted by atomic mass is 10.5. The van der Waals surface area contributed by atoms with E-state index in [1.807, 2.05) is 22.6 Å². The summed E-state index contributed by atoms with van der Waals surface area (Å²) < 4.78 is 28.4. The highest BCUT2D eigenvalue weighted by Crippen LogP contribution is 1.94. The molecule has 0 spiro atoms. The van der Waals surface area contributed by atoms with Gasteiger partial charge in [-0.1, -0.05) is 22.6 Å². The van der Waals surface area contributed by atoms with Crippen molar-refractivity contribution < 1.29 is 18.1 Å². The Balaban J connectivity index is 3.75. The predicted molar refractivity (Wildman–Crippen MR) is 41.3 cm³/mol. The van der Waals surface area contributed by atoms with Crippen LogP contribution in [0.4, 0.5) is 0 Å². The van der Waals surface area contributed by atoms with E-state index in [2.05, 4.69) is 0 Å². The number of hydrogen-bond acceptors (Lipinski definition) is 3. The summed E-state index contributed by atoms with van der Waals surface area (Å²) in [4.78, 5) is 0. The van der Waals surface area contributed by atoms with Gasteiger partial charge in [0.15, 0.2) is 0 Å². The van der Waals surface area contributed by atoms with E-state index in [-0.39, 0.29) is 0 Å². The van der Waals surface area contributed by atoms with Crippen LogP contribution in [0.2, 0.25) is 0 Å². The van der Waals surface area contributed by atoms with E-state index < -0.39 is 22.0 Å². The summed E-state index contributed by atoms with van der Waals surface area (Å²) in [7, 11) is -3.99. The quantitative estimate of drug-likeness (QED) is 0.416. The molecule has 0 aromatic rings. The van der Waals surface area contributed by atoms with Gasteiger partial charge in [0.1, 0.15) is 5.75 Å². The SMILES string of the molecule is O=S(=O)(O)CC(O)CI. The average Bonchev–Trinajstić information content (AvgIpc) is 1.62. The second kappa shape index (κ2) is 3.69. The van der Waals surface area contributed by atoms with Crippen LogP contribution in [0.25, 0.3) is 0 Å². The number of hydrogen-bond donors (Lipinski definition) is 2. The van der Waals surface area contributed by atoms with Gasteiger partial charge in [-0.25, -0.2) is 0 Å². The van der Waals surface area contributed by atoms with Crippen molar-refractivity contribution in [2.75, 3.05) is 10.2 Å². The van der Waals surface area contributed by atoms with Gasteiger partial charge in [0.05, 0.1) is 6.10 Å². The molecule has 0 rings (SSSR count). The molecule has 0 amide bonds. The Morgan fingerprint density at radius 2 is 2.00 bits per heavy atom. The van der Waals surface area contributed by atoms with Gasteiger partial charge in [-0.3, -0.25) is 4.55 Å². The molecule has 6 heteroatoms. The minimum absolute atomic E-state index is 0.303. The molecule has 1 atom stereocenters. The minimum atomic E-state index is -3.99. The Hall–Kier alpha value is 0.600. The van der Waals surface area contributed by atoms with Gasteiger partial charge in [-0.05, 0) is 0 Å². The van der Waals surface area contributed by atoms with E-state index in [1.165, 1.54) is 0 Å². The van der Waals surface area contributed by atoms with Crippen molar-refractivity contribution >= 4 is 32.7 Å². The Kier molecular flexibility index (Phi) is 3.94. The second-order valence-corrected chi connectivity index (χ2v) is 3.93. The van der Waals surface area contributed by atoms with E-state index in [0.29, 0.717) is 4.43 Å². The standard InChI is InChI=1S/C3H7IO4S/c4-1-3(5)2-9(6,7)8/h3,5H,1-2H2,(H,6,7,8). The van der Waals surface area contributed by atoms with E-state index in [1.54, 1.807) is 0 Å². The van der Waals surface area contributed by atoms with Crippen LogP contribution in [0, 0.1) is 0 Å². The van der Waals surface area contributed by atoms with E-state index >= 15 is 0 Å². The maximum Gasteiger partial charge on any atom is 0.267 e. The molecular formula is C3H7IO4S. The maximum atomic E-state index is 9.99. The molecule has 0 saturated heterocycles. The number of aliphatic hydroxyl groups is 1. The number of halogens is 1. The van der Waals surface area contributed by atoms with Crippen LogP contribution < -0.4 is 0 Å². The van der Waals surface area contributed by atoms with E-state index in [9.17, 15) is 8.42 Å². The van der Waals surface area contributed by atoms with E-state index in [4.69, 9.17) is 9.66 Å². The normalized spacial score (nSPS) is 15.4. The third-order valence-electron chi connectivity index (χ3n) is 0.581. The van der Waals surface area contributed by atoms with Crippen LogP contribution >= 0.6 is 22.6 Å². The lowest BCUT2D eigenvalue weighted by Crippen LogP contribution is -2.20. The van der Waals surface area contributed by atoms with Gasteiger partial charge >= 0.3 is 0 Å². The van der Waals surface area contributed by atoms with Crippen LogP contribution in [0.3, 0.4) is 0 Å². The Morgan fingerprint density at radius 3 is 2.11 bits per heavy atom. The third kappa shape index (κ3) is 6.49. The number of alkyl halides is 1. The van der Waals surface area contributed by atoms with Crippen molar-refractivity contribution in [2.24, 2.45) is 0 Å². The topological polar surface area (TPSA) is 74.6 Å². The summed E-state index contributed by atoms with van der Waals surface area (Å²) in [5, 5.41) is 8.65. The summed E-state index contributed by atoms with van der Waals surface area (Å²) in [6, 6.07) is 0. The molecule has 0 aliphatic carbocycles. The van der Waals surface area contributed by atoms with Gasteiger partial charge in [0, 0.05) is 4.43 Å². The molecule has 0 aliphatic rings. The van der Waals surface area contributed by atoms with Crippen molar-refractivity contribution in [3.05, 3.63) is 0 Å². The van der Waals surface area contributed by atoms with Crippen LogP contribution in [0.1, 0.15) is 0 Å². The molecule has 0 fully saturated rings. The van der Waals surface area contributed by atoms with Crippen LogP contribution in [0.5, 0.6) is 0 Å². The zero-order valence-corrected chi connectivity index (χ0v) is 7.46. The first-order chi connectivity index (χ1) is 3.95. The highest BCUT2D eigenvalue weighted by atomic mass is 127. The molecule has 0 aliphatic heterocycles. The predicted octanol–water partition coefficient (Wildman–Crippen LogP) is -0.330. The molecule has 56 valence electrons. The van der Waals surface area contributed by atoms with Crippen molar-refractivity contribution in [2.45, 2.75) is 6.10 Å². The van der Waals surface area contributed by atoms with Gasteiger partial charge < -0.3 is 5.11 Å². The molecule has 0 saturated carbocycles. The lowest BCUT2D eigenvalue weighted by Gasteiger charge is -2.01. The Morgan fingerprint density at radius 1 is 1.56 bits per heavy atom. The Bertz CT molecular complexity index is 163. The van der Waals surface area contributed by atoms with E-state index in [0.717, 1.165) is 0 Å². The van der Waals surface area contributed by atoms with Gasteiger partial charge in [0.2, 0.25) is 0 Å². The molecule has 4 nitrogen and oxygen atoms in total. The Labute approximate surface area is 67.2 Å². The second-order valence-electron chi connectivity index (χ2n) is 1.56. The van der Waals surface area contributed by atoms with Gasteiger partial charge in [-0.15, -0.1) is 0 Å². The zero-order valence-electron chi connectivity index (χ0n) is 4.49. The number of rotatable bonds is 3. The van der Waals surface area contributed by atoms with Gasteiger partial charge in [0.25, 0.3) is 10.1 Å². The van der Waals surface area contributed by atoms with Crippen LogP contribution in [-0.2, 0) is 10.1 Å². The molecular weight excluding hydrogens is 259 g/mol. The summed E-state index contributed by atoms with van der Waals surface area (Å²) in [5.74, 6) is -0.573. The lowest BCUT2D eigenvalue weighted by molar-refractivity contribution is 0.223. The molecule has 1 unspecified atom stereocenters. The highest BCUT2D eigenvalue weighted by Gasteiger charge is 2.11. The zero-order chi connectivity index (χ0) is 7.49. The fraction of sp³-hybridized carbons (Fsp3) is 1.00. The highest BCUT2D eigenvalue weighted by molar-refractivity contribution is 14.1. The minimum Gasteiger partial charge on any atom is -0.391 e. The first kappa shape index (κ1) is 9.60. The molecule has 0 radical (unpaired) electrons. The summed E-state index contributed by atoms with van der Waals surface area (Å²) in [6.45, 7) is 0. The molecule has 0 aromatic carbocycles. The van der Waals surface area contributed by atoms with Crippen molar-refractivity contribution in [1.29, 1.82) is 0 Å². The summed E-state index contributed by atoms with van der Waals surface area (Å²) >= 11 is 1.83. The van der Waals surface area contributed by atoms with Gasteiger partial charge in [-0.2, -0.15) is 8.42 Å². The van der Waals surface area contributed by atoms with Crippen molar-refractivity contribution in [3.63, 3.8) is 0 Å². The largest absolute Gasteiger partial charge is 0.391 e. The first-order valence-electron chi connectivity index (χ1n) is 2.15. The summed E-state index contributed by atoms with van der Waals surface area (Å²) in [5.41, 5.74) is 0. The third-order valence-corrected chi connectivity index (χ3v) is 2.40. The molecule has 0 aromatic heterocycles. The number of aliphatic hydroxyl groups excluding tert-OH is 1. The molecule has 2 N–H and O–H groups in total. The monoisotopic (exact) mass is 266 g/mol. The molecule has 0 heterocycles. The van der Waals surface area contributed by atoms with Crippen LogP contribution in [-0.4, -0.2) is 34.4 Å². The molecule has 9 heavy (non-hydrogen) atoms. The van der Waals surface area contributed by atoms with Crippen molar-refractivity contribution in [3.8, 4) is 0 Å².